The van der Waals surface area contributed by atoms with Crippen molar-refractivity contribution in [2.45, 2.75) is 39.8 Å². The van der Waals surface area contributed by atoms with Gasteiger partial charge in [0.05, 0.1) is 12.7 Å². The molecule has 0 aromatic heterocycles. The molecule has 0 bridgehead atoms. The topological polar surface area (TPSA) is 24.5 Å². The van der Waals surface area contributed by atoms with Gasteiger partial charge in [-0.2, -0.15) is 0 Å². The van der Waals surface area contributed by atoms with Crippen LogP contribution in [-0.4, -0.2) is 44.3 Å². The van der Waals surface area contributed by atoms with Gasteiger partial charge in [-0.1, -0.05) is 44.2 Å². The lowest BCUT2D eigenvalue weighted by Gasteiger charge is -2.29. The molecule has 0 amide bonds. The number of nitrogens with one attached hydrogen (secondary N) is 1. The van der Waals surface area contributed by atoms with Crippen LogP contribution in [0.15, 0.2) is 30.3 Å². The Labute approximate surface area is 130 Å². The molecule has 0 aliphatic rings. The second-order valence-electron chi connectivity index (χ2n) is 6.38. The smallest absolute Gasteiger partial charge is 0.0597 e. The molecule has 3 heteroatoms. The first-order chi connectivity index (χ1) is 10.0. The quantitative estimate of drug-likeness (QED) is 0.716. The zero-order valence-corrected chi connectivity index (χ0v) is 14.3. The van der Waals surface area contributed by atoms with Crippen molar-refractivity contribution in [3.8, 4) is 0 Å². The standard InChI is InChI=1S/C18H32N2O/c1-15(2)13-19-14-18(17-9-7-6-8-10-17)20(5)11-12-21-16(3)4/h6-10,15-16,18-19H,11-14H2,1-5H3. The van der Waals surface area contributed by atoms with Gasteiger partial charge in [-0.15, -0.1) is 0 Å². The van der Waals surface area contributed by atoms with Gasteiger partial charge in [-0.3, -0.25) is 4.90 Å². The first-order valence-corrected chi connectivity index (χ1v) is 8.08. The summed E-state index contributed by atoms with van der Waals surface area (Å²) in [7, 11) is 2.18. The normalized spacial score (nSPS) is 13.3. The number of hydrogen-bond donors (Lipinski definition) is 1. The second kappa shape index (κ2) is 9.93. The van der Waals surface area contributed by atoms with Crippen LogP contribution in [0.3, 0.4) is 0 Å². The highest BCUT2D eigenvalue weighted by Gasteiger charge is 2.16. The maximum absolute atomic E-state index is 5.68. The zero-order chi connectivity index (χ0) is 15.7. The molecule has 3 nitrogen and oxygen atoms in total. The Morgan fingerprint density at radius 3 is 2.29 bits per heavy atom. The van der Waals surface area contributed by atoms with Crippen LogP contribution in [0.25, 0.3) is 0 Å². The number of rotatable bonds is 10. The van der Waals surface area contributed by atoms with Crippen LogP contribution >= 0.6 is 0 Å². The Balaban J connectivity index is 2.58. The van der Waals surface area contributed by atoms with Gasteiger partial charge in [-0.05, 0) is 38.9 Å². The van der Waals surface area contributed by atoms with Gasteiger partial charge in [0, 0.05) is 19.1 Å². The number of hydrogen-bond acceptors (Lipinski definition) is 3. The highest BCUT2D eigenvalue weighted by atomic mass is 16.5. The predicted octanol–water partition coefficient (Wildman–Crippen LogP) is 3.33. The zero-order valence-electron chi connectivity index (χ0n) is 14.3. The molecule has 1 aromatic rings. The Morgan fingerprint density at radius 1 is 1.05 bits per heavy atom. The van der Waals surface area contributed by atoms with Gasteiger partial charge in [0.15, 0.2) is 0 Å². The molecule has 21 heavy (non-hydrogen) atoms. The molecule has 1 N–H and O–H groups in total. The molecule has 120 valence electrons. The molecular formula is C18H32N2O. The fourth-order valence-corrected chi connectivity index (χ4v) is 2.30. The Morgan fingerprint density at radius 2 is 1.71 bits per heavy atom. The maximum atomic E-state index is 5.68. The number of ether oxygens (including phenoxy) is 1. The van der Waals surface area contributed by atoms with Crippen molar-refractivity contribution in [3.05, 3.63) is 35.9 Å². The minimum atomic E-state index is 0.299. The summed E-state index contributed by atoms with van der Waals surface area (Å²) in [5.41, 5.74) is 1.36. The van der Waals surface area contributed by atoms with Crippen LogP contribution in [-0.2, 0) is 4.74 Å². The number of benzene rings is 1. The molecule has 0 radical (unpaired) electrons. The lowest BCUT2D eigenvalue weighted by atomic mass is 10.1. The van der Waals surface area contributed by atoms with E-state index in [0.29, 0.717) is 18.1 Å². The monoisotopic (exact) mass is 292 g/mol. The average Bonchev–Trinajstić information content (AvgIpc) is 2.43. The van der Waals surface area contributed by atoms with E-state index in [4.69, 9.17) is 4.74 Å². The van der Waals surface area contributed by atoms with Crippen LogP contribution in [0.4, 0.5) is 0 Å². The van der Waals surface area contributed by atoms with Gasteiger partial charge in [-0.25, -0.2) is 0 Å². The summed E-state index contributed by atoms with van der Waals surface area (Å²) in [6.07, 6.45) is 0.299. The van der Waals surface area contributed by atoms with Crippen molar-refractivity contribution in [2.24, 2.45) is 5.92 Å². The van der Waals surface area contributed by atoms with Crippen molar-refractivity contribution in [3.63, 3.8) is 0 Å². The van der Waals surface area contributed by atoms with Crippen LogP contribution in [0.2, 0.25) is 0 Å². The molecule has 0 heterocycles. The summed E-state index contributed by atoms with van der Waals surface area (Å²) >= 11 is 0. The summed E-state index contributed by atoms with van der Waals surface area (Å²) in [5.74, 6) is 0.677. The number of nitrogens with zero attached hydrogens (tertiary/aromatic N) is 1. The van der Waals surface area contributed by atoms with Gasteiger partial charge in [0.2, 0.25) is 0 Å². The summed E-state index contributed by atoms with van der Waals surface area (Å²) in [6, 6.07) is 11.1. The molecule has 0 saturated carbocycles. The molecule has 0 spiro atoms. The molecule has 1 atom stereocenters. The largest absolute Gasteiger partial charge is 0.377 e. The highest BCUT2D eigenvalue weighted by molar-refractivity contribution is 5.19. The maximum Gasteiger partial charge on any atom is 0.0597 e. The minimum Gasteiger partial charge on any atom is -0.377 e. The van der Waals surface area contributed by atoms with E-state index in [2.05, 4.69) is 75.3 Å². The van der Waals surface area contributed by atoms with E-state index < -0.39 is 0 Å². The molecule has 0 saturated heterocycles. The molecule has 0 fully saturated rings. The molecule has 1 unspecified atom stereocenters. The summed E-state index contributed by atoms with van der Waals surface area (Å²) < 4.78 is 5.68. The van der Waals surface area contributed by atoms with Crippen LogP contribution in [0.5, 0.6) is 0 Å². The van der Waals surface area contributed by atoms with Gasteiger partial charge >= 0.3 is 0 Å². The third-order valence-corrected chi connectivity index (χ3v) is 3.50. The van der Waals surface area contributed by atoms with Crippen LogP contribution in [0, 0.1) is 5.92 Å². The first-order valence-electron chi connectivity index (χ1n) is 8.08. The van der Waals surface area contributed by atoms with E-state index in [1.54, 1.807) is 0 Å². The van der Waals surface area contributed by atoms with Crippen molar-refractivity contribution in [1.29, 1.82) is 0 Å². The molecule has 0 aliphatic heterocycles. The SMILES string of the molecule is CC(C)CNCC(c1ccccc1)N(C)CCOC(C)C. The highest BCUT2D eigenvalue weighted by Crippen LogP contribution is 2.18. The molecule has 0 aliphatic carbocycles. The van der Waals surface area contributed by atoms with E-state index in [-0.39, 0.29) is 0 Å². The third-order valence-electron chi connectivity index (χ3n) is 3.50. The van der Waals surface area contributed by atoms with Gasteiger partial charge < -0.3 is 10.1 Å². The average molecular weight is 292 g/mol. The molecular weight excluding hydrogens is 260 g/mol. The Hall–Kier alpha value is -0.900. The van der Waals surface area contributed by atoms with Crippen molar-refractivity contribution < 1.29 is 4.74 Å². The predicted molar refractivity (Wildman–Crippen MR) is 90.6 cm³/mol. The number of likely N-dealkylation sites (N-methyl/N-ethyl adjacent to an activating group) is 1. The van der Waals surface area contributed by atoms with Crippen molar-refractivity contribution in [2.75, 3.05) is 33.3 Å². The summed E-state index contributed by atoms with van der Waals surface area (Å²) in [5, 5.41) is 3.58. The fraction of sp³-hybridized carbons (Fsp3) is 0.667. The van der Waals surface area contributed by atoms with E-state index >= 15 is 0 Å². The minimum absolute atomic E-state index is 0.299. The Kier molecular flexibility index (Phi) is 8.58. The van der Waals surface area contributed by atoms with E-state index in [1.807, 2.05) is 0 Å². The molecule has 1 aromatic carbocycles. The van der Waals surface area contributed by atoms with Gasteiger partial charge in [0.1, 0.15) is 0 Å². The van der Waals surface area contributed by atoms with Gasteiger partial charge in [0.25, 0.3) is 0 Å². The summed E-state index contributed by atoms with van der Waals surface area (Å²) in [6.45, 7) is 12.4. The van der Waals surface area contributed by atoms with Crippen LogP contribution in [0.1, 0.15) is 39.3 Å². The van der Waals surface area contributed by atoms with Crippen molar-refractivity contribution in [1.82, 2.24) is 10.2 Å². The first kappa shape index (κ1) is 18.1. The van der Waals surface area contributed by atoms with Crippen molar-refractivity contribution >= 4 is 0 Å². The van der Waals surface area contributed by atoms with E-state index in [9.17, 15) is 0 Å². The van der Waals surface area contributed by atoms with E-state index in [0.717, 1.165) is 26.2 Å². The molecule has 1 rings (SSSR count). The Bertz CT molecular complexity index is 365. The lowest BCUT2D eigenvalue weighted by molar-refractivity contribution is 0.0555. The third kappa shape index (κ3) is 7.60. The lowest BCUT2D eigenvalue weighted by Crippen LogP contribution is -2.36. The van der Waals surface area contributed by atoms with Crippen LogP contribution < -0.4 is 5.32 Å². The fourth-order valence-electron chi connectivity index (χ4n) is 2.30. The second-order valence-corrected chi connectivity index (χ2v) is 6.38. The van der Waals surface area contributed by atoms with E-state index in [1.165, 1.54) is 5.56 Å². The summed E-state index contributed by atoms with van der Waals surface area (Å²) in [4.78, 5) is 2.38.